The van der Waals surface area contributed by atoms with Crippen molar-refractivity contribution in [3.05, 3.63) is 0 Å². The van der Waals surface area contributed by atoms with Crippen molar-refractivity contribution in [1.82, 2.24) is 0 Å². The minimum atomic E-state index is -1.87. The molecule has 0 aromatic heterocycles. The maximum Gasteiger partial charge on any atom is 0.303 e. The van der Waals surface area contributed by atoms with Crippen molar-refractivity contribution >= 4 is 17.5 Å². The van der Waals surface area contributed by atoms with Gasteiger partial charge in [0, 0.05) is 30.6 Å². The average Bonchev–Trinajstić information content (AvgIpc) is 2.98. The fourth-order valence-corrected chi connectivity index (χ4v) is 7.76. The Morgan fingerprint density at radius 1 is 1.14 bits per heavy atom. The third-order valence-corrected chi connectivity index (χ3v) is 9.27. The quantitative estimate of drug-likeness (QED) is 0.724. The van der Waals surface area contributed by atoms with Crippen LogP contribution < -0.4 is 0 Å². The summed E-state index contributed by atoms with van der Waals surface area (Å²) >= 11 is 0. The summed E-state index contributed by atoms with van der Waals surface area (Å²) in [4.78, 5) is 37.3. The highest BCUT2D eigenvalue weighted by molar-refractivity contribution is 5.92. The molecule has 4 aliphatic carbocycles. The third-order valence-electron chi connectivity index (χ3n) is 9.27. The van der Waals surface area contributed by atoms with Gasteiger partial charge in [-0.2, -0.15) is 0 Å². The van der Waals surface area contributed by atoms with Crippen LogP contribution in [0.15, 0.2) is 0 Å². The van der Waals surface area contributed by atoms with E-state index < -0.39 is 28.6 Å². The van der Waals surface area contributed by atoms with Crippen molar-refractivity contribution in [3.8, 4) is 0 Å². The second-order valence-electron chi connectivity index (χ2n) is 10.5. The highest BCUT2D eigenvalue weighted by atomic mass is 19.1. The van der Waals surface area contributed by atoms with Crippen LogP contribution in [0, 0.1) is 34.5 Å². The van der Waals surface area contributed by atoms with Gasteiger partial charge in [0.25, 0.3) is 0 Å². The molecule has 4 aliphatic rings. The van der Waals surface area contributed by atoms with E-state index in [1.165, 1.54) is 6.92 Å². The van der Waals surface area contributed by atoms with Crippen LogP contribution in [0.3, 0.4) is 0 Å². The molecular formula is C23H33FO5. The van der Waals surface area contributed by atoms with Gasteiger partial charge in [0.15, 0.2) is 17.2 Å². The first-order valence-electron chi connectivity index (χ1n) is 11.1. The average molecular weight is 409 g/mol. The lowest BCUT2D eigenvalue weighted by molar-refractivity contribution is -0.201. The predicted octanol–water partition coefficient (Wildman–Crippen LogP) is 3.41. The lowest BCUT2D eigenvalue weighted by Crippen LogP contribution is -2.68. The number of hydrogen-bond acceptors (Lipinski definition) is 5. The molecule has 4 saturated carbocycles. The molecule has 0 aromatic carbocycles. The van der Waals surface area contributed by atoms with Crippen LogP contribution in [-0.4, -0.2) is 41.0 Å². The van der Waals surface area contributed by atoms with E-state index in [9.17, 15) is 19.5 Å². The van der Waals surface area contributed by atoms with Gasteiger partial charge in [-0.15, -0.1) is 0 Å². The van der Waals surface area contributed by atoms with E-state index in [1.54, 1.807) is 0 Å². The normalized spacial score (nSPS) is 49.0. The molecule has 5 nitrogen and oxygen atoms in total. The maximum atomic E-state index is 16.9. The fourth-order valence-electron chi connectivity index (χ4n) is 7.76. The van der Waals surface area contributed by atoms with Gasteiger partial charge in [0.05, 0.1) is 6.10 Å². The molecular weight excluding hydrogens is 375 g/mol. The fraction of sp³-hybridized carbons (Fsp3) is 0.870. The minimum Gasteiger partial charge on any atom is -0.458 e. The molecule has 0 unspecified atom stereocenters. The Labute approximate surface area is 171 Å². The van der Waals surface area contributed by atoms with Crippen LogP contribution in [-0.2, 0) is 19.1 Å². The number of alkyl halides is 1. The Morgan fingerprint density at radius 3 is 2.52 bits per heavy atom. The molecule has 6 heteroatoms. The summed E-state index contributed by atoms with van der Waals surface area (Å²) in [6, 6.07) is 0. The number of ether oxygens (including phenoxy) is 1. The molecule has 0 spiro atoms. The lowest BCUT2D eigenvalue weighted by atomic mass is 9.42. The van der Waals surface area contributed by atoms with Gasteiger partial charge in [-0.3, -0.25) is 14.4 Å². The van der Waals surface area contributed by atoms with Crippen molar-refractivity contribution in [2.45, 2.75) is 83.9 Å². The Kier molecular flexibility index (Phi) is 4.96. The molecule has 29 heavy (non-hydrogen) atoms. The van der Waals surface area contributed by atoms with E-state index in [-0.39, 0.29) is 48.3 Å². The van der Waals surface area contributed by atoms with Crippen LogP contribution in [0.25, 0.3) is 0 Å². The van der Waals surface area contributed by atoms with E-state index >= 15 is 4.39 Å². The summed E-state index contributed by atoms with van der Waals surface area (Å²) in [6.07, 6.45) is 4.17. The summed E-state index contributed by atoms with van der Waals surface area (Å²) in [6.45, 7) is 4.90. The molecule has 0 aromatic rings. The number of aliphatic hydroxyl groups excluding tert-OH is 1. The number of ketones is 2. The van der Waals surface area contributed by atoms with Crippen LogP contribution in [0.1, 0.15) is 72.1 Å². The molecule has 0 amide bonds. The second kappa shape index (κ2) is 6.86. The number of fused-ring (bicyclic) bond motifs is 5. The molecule has 0 saturated heterocycles. The van der Waals surface area contributed by atoms with Gasteiger partial charge in [-0.05, 0) is 62.2 Å². The van der Waals surface area contributed by atoms with Gasteiger partial charge in [-0.1, -0.05) is 13.8 Å². The first-order chi connectivity index (χ1) is 13.5. The number of Topliss-reactive ketones (excluding diaryl/α,β-unsaturated/α-hetero) is 2. The highest BCUT2D eigenvalue weighted by Gasteiger charge is 2.72. The van der Waals surface area contributed by atoms with E-state index in [0.717, 1.165) is 12.8 Å². The summed E-state index contributed by atoms with van der Waals surface area (Å²) in [5, 5.41) is 10.1. The summed E-state index contributed by atoms with van der Waals surface area (Å²) < 4.78 is 21.8. The number of carbonyl (C=O) groups is 3. The number of rotatable bonds is 3. The van der Waals surface area contributed by atoms with Crippen molar-refractivity contribution < 1.29 is 28.6 Å². The summed E-state index contributed by atoms with van der Waals surface area (Å²) in [7, 11) is 0. The Hall–Kier alpha value is -1.30. The van der Waals surface area contributed by atoms with Gasteiger partial charge in [0.1, 0.15) is 6.61 Å². The van der Waals surface area contributed by atoms with Crippen molar-refractivity contribution in [2.24, 2.45) is 34.5 Å². The predicted molar refractivity (Wildman–Crippen MR) is 104 cm³/mol. The molecule has 0 heterocycles. The zero-order valence-electron chi connectivity index (χ0n) is 17.7. The van der Waals surface area contributed by atoms with E-state index in [0.29, 0.717) is 32.1 Å². The third kappa shape index (κ3) is 2.84. The number of carbonyl (C=O) groups excluding carboxylic acids is 3. The number of aliphatic hydroxyl groups is 1. The van der Waals surface area contributed by atoms with E-state index in [1.807, 2.05) is 13.8 Å². The summed E-state index contributed by atoms with van der Waals surface area (Å²) in [5.41, 5.74) is -3.16. The molecule has 162 valence electrons. The first-order valence-corrected chi connectivity index (χ1v) is 11.1. The zero-order chi connectivity index (χ0) is 21.2. The summed E-state index contributed by atoms with van der Waals surface area (Å²) in [5.74, 6) is -1.70. The highest BCUT2D eigenvalue weighted by Crippen LogP contribution is 2.69. The van der Waals surface area contributed by atoms with Crippen LogP contribution in [0.4, 0.5) is 4.39 Å². The van der Waals surface area contributed by atoms with Crippen molar-refractivity contribution in [1.29, 1.82) is 0 Å². The molecule has 0 aliphatic heterocycles. The maximum absolute atomic E-state index is 16.9. The molecule has 4 fully saturated rings. The number of esters is 1. The largest absolute Gasteiger partial charge is 0.458 e. The molecule has 0 bridgehead atoms. The van der Waals surface area contributed by atoms with Gasteiger partial charge < -0.3 is 9.84 Å². The lowest BCUT2D eigenvalue weighted by Gasteiger charge is -2.62. The Morgan fingerprint density at radius 2 is 1.83 bits per heavy atom. The molecule has 4 rings (SSSR count). The molecule has 8 atom stereocenters. The Balaban J connectivity index is 1.64. The van der Waals surface area contributed by atoms with Crippen molar-refractivity contribution in [2.75, 3.05) is 6.61 Å². The monoisotopic (exact) mass is 408 g/mol. The number of halogens is 1. The second-order valence-corrected chi connectivity index (χ2v) is 10.5. The minimum absolute atomic E-state index is 0.0129. The van der Waals surface area contributed by atoms with Crippen LogP contribution >= 0.6 is 0 Å². The standard InChI is InChI=1S/C23H33FO5/c1-13(25)29-12-19(27)18-7-6-16-17-5-4-14-10-15(26)8-9-22(14,3)23(17,24)20(28)11-21(16,18)2/h14-18,26H,4-12H2,1-3H3/t14-,15-,16+,17+,18-,21+,22+,23+/m1/s1. The van der Waals surface area contributed by atoms with E-state index in [4.69, 9.17) is 4.74 Å². The van der Waals surface area contributed by atoms with Gasteiger partial charge >= 0.3 is 5.97 Å². The molecule has 1 N–H and O–H groups in total. The van der Waals surface area contributed by atoms with Gasteiger partial charge in [0.2, 0.25) is 0 Å². The van der Waals surface area contributed by atoms with Gasteiger partial charge in [-0.25, -0.2) is 4.39 Å². The number of hydrogen-bond donors (Lipinski definition) is 1. The first kappa shape index (κ1) is 21.0. The SMILES string of the molecule is CC(=O)OCC(=O)[C@H]1CC[C@H]2[C@@H]3CC[C@@H]4C[C@H](O)CC[C@]4(C)[C@@]3(F)C(=O)C[C@]12C. The Bertz CT molecular complexity index is 737. The topological polar surface area (TPSA) is 80.7 Å². The van der Waals surface area contributed by atoms with E-state index in [2.05, 4.69) is 0 Å². The van der Waals surface area contributed by atoms with Crippen LogP contribution in [0.2, 0.25) is 0 Å². The smallest absolute Gasteiger partial charge is 0.303 e. The van der Waals surface area contributed by atoms with Crippen molar-refractivity contribution in [3.63, 3.8) is 0 Å². The van der Waals surface area contributed by atoms with Crippen LogP contribution in [0.5, 0.6) is 0 Å². The molecule has 0 radical (unpaired) electrons. The zero-order valence-corrected chi connectivity index (χ0v) is 17.7.